The molecule has 1 N–H and O–H groups in total. The number of hydrogen-bond acceptors (Lipinski definition) is 3. The summed E-state index contributed by atoms with van der Waals surface area (Å²) in [5, 5.41) is 11.6. The molecule has 0 rings (SSSR count). The lowest BCUT2D eigenvalue weighted by Crippen LogP contribution is -2.46. The van der Waals surface area contributed by atoms with E-state index in [9.17, 15) is 13.2 Å². The van der Waals surface area contributed by atoms with Crippen molar-refractivity contribution in [2.45, 2.75) is 32.0 Å². The highest BCUT2D eigenvalue weighted by Gasteiger charge is 2.30. The second kappa shape index (κ2) is 5.93. The standard InChI is InChI=1S/C9H15F3N2O/c1-3-4-14-8(2,5-13)6-15-7-9(10,11)12/h14H,3-4,6-7H2,1-2H3. The summed E-state index contributed by atoms with van der Waals surface area (Å²) in [6.07, 6.45) is -3.54. The molecule has 0 heterocycles. The zero-order valence-corrected chi connectivity index (χ0v) is 8.82. The van der Waals surface area contributed by atoms with Crippen molar-refractivity contribution in [1.82, 2.24) is 5.32 Å². The molecule has 88 valence electrons. The Balaban J connectivity index is 3.95. The third-order valence-corrected chi connectivity index (χ3v) is 1.67. The van der Waals surface area contributed by atoms with Crippen LogP contribution in [-0.2, 0) is 4.74 Å². The summed E-state index contributed by atoms with van der Waals surface area (Å²) in [7, 11) is 0. The first kappa shape index (κ1) is 14.2. The Labute approximate surface area is 87.2 Å². The Hall–Kier alpha value is -0.800. The first-order chi connectivity index (χ1) is 6.83. The van der Waals surface area contributed by atoms with Gasteiger partial charge in [0.15, 0.2) is 0 Å². The topological polar surface area (TPSA) is 45.0 Å². The molecular weight excluding hydrogens is 209 g/mol. The third kappa shape index (κ3) is 7.17. The molecule has 0 spiro atoms. The minimum atomic E-state index is -4.35. The van der Waals surface area contributed by atoms with Crippen LogP contribution in [0.25, 0.3) is 0 Å². The fraction of sp³-hybridized carbons (Fsp3) is 0.889. The number of nitriles is 1. The summed E-state index contributed by atoms with van der Waals surface area (Å²) >= 11 is 0. The van der Waals surface area contributed by atoms with E-state index >= 15 is 0 Å². The molecule has 15 heavy (non-hydrogen) atoms. The highest BCUT2D eigenvalue weighted by molar-refractivity contribution is 5.03. The fourth-order valence-electron chi connectivity index (χ4n) is 0.895. The van der Waals surface area contributed by atoms with Gasteiger partial charge in [0.1, 0.15) is 12.1 Å². The van der Waals surface area contributed by atoms with Gasteiger partial charge in [0.25, 0.3) is 0 Å². The summed E-state index contributed by atoms with van der Waals surface area (Å²) in [4.78, 5) is 0. The van der Waals surface area contributed by atoms with Crippen LogP contribution >= 0.6 is 0 Å². The van der Waals surface area contributed by atoms with Gasteiger partial charge in [0.05, 0.1) is 12.7 Å². The van der Waals surface area contributed by atoms with Gasteiger partial charge in [0, 0.05) is 0 Å². The molecule has 0 aromatic heterocycles. The van der Waals surface area contributed by atoms with Crippen LogP contribution in [0.4, 0.5) is 13.2 Å². The van der Waals surface area contributed by atoms with Gasteiger partial charge >= 0.3 is 6.18 Å². The predicted molar refractivity (Wildman–Crippen MR) is 49.2 cm³/mol. The van der Waals surface area contributed by atoms with E-state index in [2.05, 4.69) is 10.1 Å². The average molecular weight is 224 g/mol. The maximum atomic E-state index is 11.8. The largest absolute Gasteiger partial charge is 0.411 e. The Morgan fingerprint density at radius 3 is 2.33 bits per heavy atom. The molecule has 0 fully saturated rings. The molecule has 0 aromatic carbocycles. The van der Waals surface area contributed by atoms with Gasteiger partial charge in [-0.25, -0.2) is 0 Å². The average Bonchev–Trinajstić information content (AvgIpc) is 2.13. The molecule has 0 saturated heterocycles. The summed E-state index contributed by atoms with van der Waals surface area (Å²) in [5.74, 6) is 0. The highest BCUT2D eigenvalue weighted by Crippen LogP contribution is 2.15. The number of nitrogens with zero attached hydrogens (tertiary/aromatic N) is 1. The molecule has 0 radical (unpaired) electrons. The van der Waals surface area contributed by atoms with Gasteiger partial charge in [-0.1, -0.05) is 6.92 Å². The van der Waals surface area contributed by atoms with Crippen LogP contribution in [0.1, 0.15) is 20.3 Å². The van der Waals surface area contributed by atoms with Crippen molar-refractivity contribution >= 4 is 0 Å². The van der Waals surface area contributed by atoms with E-state index < -0.39 is 18.3 Å². The number of ether oxygens (including phenoxy) is 1. The summed E-state index contributed by atoms with van der Waals surface area (Å²) in [6, 6.07) is 1.90. The second-order valence-corrected chi connectivity index (χ2v) is 3.48. The fourth-order valence-corrected chi connectivity index (χ4v) is 0.895. The smallest absolute Gasteiger partial charge is 0.369 e. The van der Waals surface area contributed by atoms with Gasteiger partial charge in [-0.2, -0.15) is 18.4 Å². The van der Waals surface area contributed by atoms with Crippen molar-refractivity contribution in [2.75, 3.05) is 19.8 Å². The number of halogens is 3. The summed E-state index contributed by atoms with van der Waals surface area (Å²) in [6.45, 7) is 2.39. The quantitative estimate of drug-likeness (QED) is 0.748. The number of alkyl halides is 3. The number of nitrogens with one attached hydrogen (secondary N) is 1. The molecule has 1 unspecified atom stereocenters. The Morgan fingerprint density at radius 2 is 1.93 bits per heavy atom. The Morgan fingerprint density at radius 1 is 1.33 bits per heavy atom. The molecule has 1 atom stereocenters. The number of rotatable bonds is 6. The molecule has 0 bridgehead atoms. The van der Waals surface area contributed by atoms with Crippen LogP contribution in [0, 0.1) is 11.3 Å². The lowest BCUT2D eigenvalue weighted by atomic mass is 10.1. The van der Waals surface area contributed by atoms with Crippen molar-refractivity contribution in [3.63, 3.8) is 0 Å². The Kier molecular flexibility index (Phi) is 5.61. The van der Waals surface area contributed by atoms with E-state index in [0.717, 1.165) is 6.42 Å². The SMILES string of the molecule is CCCNC(C)(C#N)COCC(F)(F)F. The molecule has 0 aliphatic carbocycles. The van der Waals surface area contributed by atoms with Crippen LogP contribution in [-0.4, -0.2) is 31.5 Å². The molecule has 0 aliphatic heterocycles. The van der Waals surface area contributed by atoms with Crippen LogP contribution < -0.4 is 5.32 Å². The van der Waals surface area contributed by atoms with Crippen molar-refractivity contribution in [2.24, 2.45) is 0 Å². The summed E-state index contributed by atoms with van der Waals surface area (Å²) in [5.41, 5.74) is -1.05. The van der Waals surface area contributed by atoms with E-state index in [4.69, 9.17) is 5.26 Å². The van der Waals surface area contributed by atoms with Crippen molar-refractivity contribution in [3.8, 4) is 6.07 Å². The normalized spacial score (nSPS) is 15.7. The zero-order chi connectivity index (χ0) is 11.9. The highest BCUT2D eigenvalue weighted by atomic mass is 19.4. The Bertz CT molecular complexity index is 224. The first-order valence-corrected chi connectivity index (χ1v) is 4.64. The van der Waals surface area contributed by atoms with Gasteiger partial charge in [-0.05, 0) is 19.9 Å². The third-order valence-electron chi connectivity index (χ3n) is 1.67. The van der Waals surface area contributed by atoms with Crippen LogP contribution in [0.15, 0.2) is 0 Å². The van der Waals surface area contributed by atoms with Crippen LogP contribution in [0.2, 0.25) is 0 Å². The maximum absolute atomic E-state index is 11.8. The van der Waals surface area contributed by atoms with Gasteiger partial charge in [-0.15, -0.1) is 0 Å². The monoisotopic (exact) mass is 224 g/mol. The molecule has 0 amide bonds. The van der Waals surface area contributed by atoms with Crippen LogP contribution in [0.3, 0.4) is 0 Å². The van der Waals surface area contributed by atoms with E-state index in [1.54, 1.807) is 0 Å². The molecule has 3 nitrogen and oxygen atoms in total. The van der Waals surface area contributed by atoms with Crippen molar-refractivity contribution in [1.29, 1.82) is 5.26 Å². The maximum Gasteiger partial charge on any atom is 0.411 e. The summed E-state index contributed by atoms with van der Waals surface area (Å²) < 4.78 is 39.7. The lowest BCUT2D eigenvalue weighted by Gasteiger charge is -2.23. The minimum absolute atomic E-state index is 0.275. The second-order valence-electron chi connectivity index (χ2n) is 3.48. The molecule has 6 heteroatoms. The molecular formula is C9H15F3N2O. The van der Waals surface area contributed by atoms with Crippen molar-refractivity contribution < 1.29 is 17.9 Å². The van der Waals surface area contributed by atoms with Gasteiger partial charge in [0.2, 0.25) is 0 Å². The molecule has 0 aromatic rings. The van der Waals surface area contributed by atoms with Crippen LogP contribution in [0.5, 0.6) is 0 Å². The molecule has 0 saturated carbocycles. The van der Waals surface area contributed by atoms with Gasteiger partial charge < -0.3 is 4.74 Å². The lowest BCUT2D eigenvalue weighted by molar-refractivity contribution is -0.176. The van der Waals surface area contributed by atoms with E-state index in [-0.39, 0.29) is 6.61 Å². The minimum Gasteiger partial charge on any atom is -0.369 e. The van der Waals surface area contributed by atoms with Gasteiger partial charge in [-0.3, -0.25) is 5.32 Å². The first-order valence-electron chi connectivity index (χ1n) is 4.64. The number of hydrogen-bond donors (Lipinski definition) is 1. The zero-order valence-electron chi connectivity index (χ0n) is 8.82. The van der Waals surface area contributed by atoms with E-state index in [1.165, 1.54) is 6.92 Å². The molecule has 0 aliphatic rings. The van der Waals surface area contributed by atoms with E-state index in [0.29, 0.717) is 6.54 Å². The van der Waals surface area contributed by atoms with Crippen molar-refractivity contribution in [3.05, 3.63) is 0 Å². The van der Waals surface area contributed by atoms with E-state index in [1.807, 2.05) is 13.0 Å². The predicted octanol–water partition coefficient (Wildman–Crippen LogP) is 1.85.